The Labute approximate surface area is 175 Å². The molecule has 0 saturated heterocycles. The van der Waals surface area contributed by atoms with Gasteiger partial charge in [-0.15, -0.1) is 0 Å². The summed E-state index contributed by atoms with van der Waals surface area (Å²) in [5.41, 5.74) is 1.64. The Morgan fingerprint density at radius 1 is 0.967 bits per heavy atom. The fraction of sp³-hybridized carbons (Fsp3) is 0.208. The standard InChI is InChI=1S/C24H22N2O4/c1-29-19-9-5-17(6-10-19)21(24(28)18-7-11-20(30-2)12-8-18)16-23(27)22-4-3-14-26(22)15-13-25/h3-12,14,21H,15-16H2,1-2H3. The summed E-state index contributed by atoms with van der Waals surface area (Å²) in [6.45, 7) is 0.0771. The van der Waals surface area contributed by atoms with E-state index in [1.165, 1.54) is 0 Å². The number of hydrogen-bond acceptors (Lipinski definition) is 5. The van der Waals surface area contributed by atoms with Gasteiger partial charge in [-0.3, -0.25) is 9.59 Å². The number of ether oxygens (including phenoxy) is 2. The van der Waals surface area contributed by atoms with Crippen LogP contribution in [0.2, 0.25) is 0 Å². The van der Waals surface area contributed by atoms with Gasteiger partial charge in [0.15, 0.2) is 11.6 Å². The van der Waals surface area contributed by atoms with Gasteiger partial charge in [0.25, 0.3) is 0 Å². The van der Waals surface area contributed by atoms with Crippen molar-refractivity contribution < 1.29 is 19.1 Å². The number of methoxy groups -OCH3 is 2. The zero-order valence-corrected chi connectivity index (χ0v) is 16.9. The molecule has 0 amide bonds. The minimum atomic E-state index is -0.665. The Bertz CT molecular complexity index is 1060. The molecular formula is C24H22N2O4. The van der Waals surface area contributed by atoms with E-state index < -0.39 is 5.92 Å². The predicted octanol–water partition coefficient (Wildman–Crippen LogP) is 4.27. The summed E-state index contributed by atoms with van der Waals surface area (Å²) in [5.74, 6) is 0.302. The highest BCUT2D eigenvalue weighted by Gasteiger charge is 2.26. The van der Waals surface area contributed by atoms with Gasteiger partial charge in [0.05, 0.1) is 31.9 Å². The van der Waals surface area contributed by atoms with Crippen molar-refractivity contribution in [3.05, 3.63) is 83.7 Å². The van der Waals surface area contributed by atoms with Gasteiger partial charge in [-0.05, 0) is 54.1 Å². The first kappa shape index (κ1) is 20.9. The van der Waals surface area contributed by atoms with Crippen molar-refractivity contribution in [2.45, 2.75) is 18.9 Å². The molecule has 2 aromatic carbocycles. The highest BCUT2D eigenvalue weighted by Crippen LogP contribution is 2.29. The molecule has 0 spiro atoms. The number of benzene rings is 2. The predicted molar refractivity (Wildman–Crippen MR) is 112 cm³/mol. The Balaban J connectivity index is 1.93. The molecule has 3 aromatic rings. The lowest BCUT2D eigenvalue weighted by molar-refractivity contribution is 0.0889. The maximum Gasteiger partial charge on any atom is 0.180 e. The Kier molecular flexibility index (Phi) is 6.66. The van der Waals surface area contributed by atoms with Crippen LogP contribution in [0.3, 0.4) is 0 Å². The second-order valence-corrected chi connectivity index (χ2v) is 6.73. The third-order valence-corrected chi connectivity index (χ3v) is 4.95. The minimum absolute atomic E-state index is 0.00731. The lowest BCUT2D eigenvalue weighted by Crippen LogP contribution is -2.19. The molecule has 0 N–H and O–H groups in total. The van der Waals surface area contributed by atoms with E-state index in [1.807, 2.05) is 6.07 Å². The maximum absolute atomic E-state index is 13.3. The van der Waals surface area contributed by atoms with Crippen LogP contribution in [0.25, 0.3) is 0 Å². The highest BCUT2D eigenvalue weighted by molar-refractivity contribution is 6.05. The first-order chi connectivity index (χ1) is 14.6. The average molecular weight is 402 g/mol. The van der Waals surface area contributed by atoms with E-state index >= 15 is 0 Å². The summed E-state index contributed by atoms with van der Waals surface area (Å²) >= 11 is 0. The molecule has 1 heterocycles. The van der Waals surface area contributed by atoms with Crippen molar-refractivity contribution in [2.24, 2.45) is 0 Å². The molecule has 0 aliphatic heterocycles. The third kappa shape index (κ3) is 4.58. The quantitative estimate of drug-likeness (QED) is 0.499. The lowest BCUT2D eigenvalue weighted by Gasteiger charge is -2.17. The largest absolute Gasteiger partial charge is 0.497 e. The number of rotatable bonds is 9. The van der Waals surface area contributed by atoms with Crippen molar-refractivity contribution in [3.63, 3.8) is 0 Å². The van der Waals surface area contributed by atoms with Crippen LogP contribution in [0.4, 0.5) is 0 Å². The molecule has 0 aliphatic rings. The van der Waals surface area contributed by atoms with E-state index in [-0.39, 0.29) is 24.5 Å². The molecule has 0 bridgehead atoms. The van der Waals surface area contributed by atoms with E-state index in [9.17, 15) is 9.59 Å². The van der Waals surface area contributed by atoms with Crippen LogP contribution >= 0.6 is 0 Å². The van der Waals surface area contributed by atoms with E-state index in [1.54, 1.807) is 85.6 Å². The van der Waals surface area contributed by atoms with Crippen molar-refractivity contribution in [1.29, 1.82) is 5.26 Å². The summed E-state index contributed by atoms with van der Waals surface area (Å²) in [6, 6.07) is 19.4. The topological polar surface area (TPSA) is 81.3 Å². The van der Waals surface area contributed by atoms with Crippen LogP contribution in [-0.4, -0.2) is 30.4 Å². The first-order valence-corrected chi connectivity index (χ1v) is 9.45. The second kappa shape index (κ2) is 9.57. The molecular weight excluding hydrogens is 380 g/mol. The highest BCUT2D eigenvalue weighted by atomic mass is 16.5. The van der Waals surface area contributed by atoms with E-state index in [0.717, 1.165) is 5.56 Å². The average Bonchev–Trinajstić information content (AvgIpc) is 3.26. The molecule has 6 heteroatoms. The van der Waals surface area contributed by atoms with Crippen molar-refractivity contribution in [3.8, 4) is 17.6 Å². The summed E-state index contributed by atoms with van der Waals surface area (Å²) in [4.78, 5) is 26.3. The molecule has 6 nitrogen and oxygen atoms in total. The van der Waals surface area contributed by atoms with Crippen LogP contribution < -0.4 is 9.47 Å². The van der Waals surface area contributed by atoms with Gasteiger partial charge >= 0.3 is 0 Å². The molecule has 1 atom stereocenters. The summed E-state index contributed by atoms with van der Waals surface area (Å²) in [5, 5.41) is 8.97. The van der Waals surface area contributed by atoms with Crippen molar-refractivity contribution in [2.75, 3.05) is 14.2 Å². The van der Waals surface area contributed by atoms with Crippen LogP contribution in [0.1, 0.15) is 38.7 Å². The molecule has 0 aliphatic carbocycles. The molecule has 30 heavy (non-hydrogen) atoms. The summed E-state index contributed by atoms with van der Waals surface area (Å²) in [6.07, 6.45) is 1.68. The number of hydrogen-bond donors (Lipinski definition) is 0. The van der Waals surface area contributed by atoms with Gasteiger partial charge < -0.3 is 14.0 Å². The second-order valence-electron chi connectivity index (χ2n) is 6.73. The third-order valence-electron chi connectivity index (χ3n) is 4.95. The monoisotopic (exact) mass is 402 g/mol. The van der Waals surface area contributed by atoms with Crippen LogP contribution in [0.5, 0.6) is 11.5 Å². The molecule has 0 fully saturated rings. The van der Waals surface area contributed by atoms with E-state index in [0.29, 0.717) is 22.8 Å². The number of nitriles is 1. The number of nitrogens with zero attached hydrogens (tertiary/aromatic N) is 2. The molecule has 0 radical (unpaired) electrons. The number of carbonyl (C=O) groups is 2. The Morgan fingerprint density at radius 2 is 1.57 bits per heavy atom. The smallest absolute Gasteiger partial charge is 0.180 e. The number of ketones is 2. The Hall–Kier alpha value is -3.85. The van der Waals surface area contributed by atoms with Gasteiger partial charge in [0.1, 0.15) is 18.0 Å². The van der Waals surface area contributed by atoms with Crippen LogP contribution in [-0.2, 0) is 6.54 Å². The molecule has 1 unspecified atom stereocenters. The minimum Gasteiger partial charge on any atom is -0.497 e. The Morgan fingerprint density at radius 3 is 2.13 bits per heavy atom. The number of carbonyl (C=O) groups excluding carboxylic acids is 2. The first-order valence-electron chi connectivity index (χ1n) is 9.45. The van der Waals surface area contributed by atoms with Crippen LogP contribution in [0.15, 0.2) is 66.9 Å². The normalized spacial score (nSPS) is 11.4. The van der Waals surface area contributed by atoms with Gasteiger partial charge in [0, 0.05) is 18.2 Å². The van der Waals surface area contributed by atoms with Gasteiger partial charge in [-0.2, -0.15) is 5.26 Å². The summed E-state index contributed by atoms with van der Waals surface area (Å²) in [7, 11) is 3.13. The molecule has 152 valence electrons. The zero-order valence-electron chi connectivity index (χ0n) is 16.9. The van der Waals surface area contributed by atoms with Crippen molar-refractivity contribution >= 4 is 11.6 Å². The fourth-order valence-electron chi connectivity index (χ4n) is 3.33. The van der Waals surface area contributed by atoms with Gasteiger partial charge in [-0.1, -0.05) is 12.1 Å². The maximum atomic E-state index is 13.3. The molecule has 1 aromatic heterocycles. The van der Waals surface area contributed by atoms with E-state index in [4.69, 9.17) is 14.7 Å². The van der Waals surface area contributed by atoms with E-state index in [2.05, 4.69) is 0 Å². The zero-order chi connectivity index (χ0) is 21.5. The number of aromatic nitrogens is 1. The SMILES string of the molecule is COc1ccc(C(=O)C(CC(=O)c2cccn2CC#N)c2ccc(OC)cc2)cc1. The fourth-order valence-corrected chi connectivity index (χ4v) is 3.33. The summed E-state index contributed by atoms with van der Waals surface area (Å²) < 4.78 is 12.0. The molecule has 0 saturated carbocycles. The van der Waals surface area contributed by atoms with Crippen LogP contribution in [0, 0.1) is 11.3 Å². The van der Waals surface area contributed by atoms with Crippen molar-refractivity contribution in [1.82, 2.24) is 4.57 Å². The van der Waals surface area contributed by atoms with Gasteiger partial charge in [0.2, 0.25) is 0 Å². The van der Waals surface area contributed by atoms with Gasteiger partial charge in [-0.25, -0.2) is 0 Å². The number of Topliss-reactive ketones (excluding diaryl/α,β-unsaturated/α-hetero) is 2. The lowest BCUT2D eigenvalue weighted by atomic mass is 9.86. The molecule has 3 rings (SSSR count).